The Morgan fingerprint density at radius 1 is 1.38 bits per heavy atom. The fourth-order valence-electron chi connectivity index (χ4n) is 1.85. The van der Waals surface area contributed by atoms with Crippen molar-refractivity contribution in [3.63, 3.8) is 0 Å². The number of aliphatic carboxylic acids is 1. The van der Waals surface area contributed by atoms with Crippen molar-refractivity contribution >= 4 is 5.97 Å². The number of nitrogens with zero attached hydrogens (tertiary/aromatic N) is 2. The van der Waals surface area contributed by atoms with E-state index in [1.165, 1.54) is 0 Å². The van der Waals surface area contributed by atoms with Crippen molar-refractivity contribution in [2.75, 3.05) is 27.2 Å². The van der Waals surface area contributed by atoms with Gasteiger partial charge in [-0.25, -0.2) is 0 Å². The average molecular weight is 186 g/mol. The molecule has 0 aliphatic carbocycles. The van der Waals surface area contributed by atoms with Crippen LogP contribution < -0.4 is 0 Å². The Bertz CT molecular complexity index is 196. The molecule has 4 heteroatoms. The fraction of sp³-hybridized carbons (Fsp3) is 0.889. The molecule has 1 aliphatic heterocycles. The van der Waals surface area contributed by atoms with E-state index in [9.17, 15) is 4.79 Å². The van der Waals surface area contributed by atoms with Gasteiger partial charge in [0.15, 0.2) is 0 Å². The molecule has 0 bridgehead atoms. The van der Waals surface area contributed by atoms with Crippen molar-refractivity contribution in [1.29, 1.82) is 0 Å². The number of likely N-dealkylation sites (N-methyl/N-ethyl adjacent to an activating group) is 2. The van der Waals surface area contributed by atoms with Gasteiger partial charge in [-0.05, 0) is 21.0 Å². The molecule has 0 aromatic rings. The quantitative estimate of drug-likeness (QED) is 0.664. The predicted molar refractivity (Wildman–Crippen MR) is 50.8 cm³/mol. The van der Waals surface area contributed by atoms with Gasteiger partial charge in [0.1, 0.15) is 0 Å². The molecule has 0 spiro atoms. The molecule has 1 aliphatic rings. The van der Waals surface area contributed by atoms with E-state index in [1.54, 1.807) is 0 Å². The van der Waals surface area contributed by atoms with Crippen molar-refractivity contribution in [3.8, 4) is 0 Å². The van der Waals surface area contributed by atoms with Gasteiger partial charge in [-0.2, -0.15) is 0 Å². The Kier molecular flexibility index (Phi) is 3.27. The van der Waals surface area contributed by atoms with E-state index in [4.69, 9.17) is 5.11 Å². The number of carbonyl (C=O) groups is 1. The summed E-state index contributed by atoms with van der Waals surface area (Å²) in [7, 11) is 4.05. The molecule has 1 heterocycles. The molecule has 1 saturated heterocycles. The zero-order valence-corrected chi connectivity index (χ0v) is 8.53. The van der Waals surface area contributed by atoms with E-state index in [2.05, 4.69) is 16.7 Å². The minimum Gasteiger partial charge on any atom is -0.481 e. The first kappa shape index (κ1) is 10.5. The normalized spacial score (nSPS) is 31.9. The molecule has 1 N–H and O–H groups in total. The standard InChI is InChI=1S/C9H18N2O2/c1-7-8(6-9(12)13)11(3)5-4-10(7)2/h7-8H,4-6H2,1-3H3,(H,12,13)/t7-,8-/m1/s1. The highest BCUT2D eigenvalue weighted by Crippen LogP contribution is 2.16. The molecule has 0 unspecified atom stereocenters. The molecule has 0 saturated carbocycles. The van der Waals surface area contributed by atoms with E-state index in [-0.39, 0.29) is 12.5 Å². The number of rotatable bonds is 2. The number of carboxylic acid groups (broad SMARTS) is 1. The summed E-state index contributed by atoms with van der Waals surface area (Å²) in [6, 6.07) is 0.478. The number of hydrogen-bond acceptors (Lipinski definition) is 3. The van der Waals surface area contributed by atoms with Crippen LogP contribution in [0.15, 0.2) is 0 Å². The van der Waals surface area contributed by atoms with Gasteiger partial charge in [-0.3, -0.25) is 4.79 Å². The van der Waals surface area contributed by atoms with E-state index in [0.29, 0.717) is 6.04 Å². The van der Waals surface area contributed by atoms with E-state index in [1.807, 2.05) is 14.1 Å². The maximum Gasteiger partial charge on any atom is 0.304 e. The Morgan fingerprint density at radius 3 is 2.46 bits per heavy atom. The van der Waals surface area contributed by atoms with E-state index < -0.39 is 5.97 Å². The van der Waals surface area contributed by atoms with Gasteiger partial charge in [0.05, 0.1) is 6.42 Å². The summed E-state index contributed by atoms with van der Waals surface area (Å²) < 4.78 is 0. The lowest BCUT2D eigenvalue weighted by atomic mass is 10.0. The SMILES string of the molecule is C[C@@H]1[C@@H](CC(=O)O)N(C)CCN1C. The third-order valence-electron chi connectivity index (χ3n) is 3.01. The van der Waals surface area contributed by atoms with Crippen molar-refractivity contribution in [2.45, 2.75) is 25.4 Å². The van der Waals surface area contributed by atoms with Crippen LogP contribution >= 0.6 is 0 Å². The highest BCUT2D eigenvalue weighted by atomic mass is 16.4. The third kappa shape index (κ3) is 2.42. The largest absolute Gasteiger partial charge is 0.481 e. The summed E-state index contributed by atoms with van der Waals surface area (Å²) in [5, 5.41) is 8.74. The van der Waals surface area contributed by atoms with Gasteiger partial charge in [0, 0.05) is 25.2 Å². The van der Waals surface area contributed by atoms with Crippen LogP contribution in [0.25, 0.3) is 0 Å². The van der Waals surface area contributed by atoms with Crippen LogP contribution in [0.1, 0.15) is 13.3 Å². The second-order valence-electron chi connectivity index (χ2n) is 3.87. The van der Waals surface area contributed by atoms with Gasteiger partial charge in [-0.15, -0.1) is 0 Å². The van der Waals surface area contributed by atoms with Crippen LogP contribution in [0, 0.1) is 0 Å². The number of piperazine rings is 1. The number of hydrogen-bond donors (Lipinski definition) is 1. The predicted octanol–water partition coefficient (Wildman–Crippen LogP) is 0.0954. The summed E-state index contributed by atoms with van der Waals surface area (Å²) in [5.41, 5.74) is 0. The first-order valence-corrected chi connectivity index (χ1v) is 4.64. The van der Waals surface area contributed by atoms with Gasteiger partial charge < -0.3 is 14.9 Å². The summed E-state index contributed by atoms with van der Waals surface area (Å²) in [4.78, 5) is 15.0. The molecule has 0 radical (unpaired) electrons. The third-order valence-corrected chi connectivity index (χ3v) is 3.01. The molecule has 0 aromatic carbocycles. The van der Waals surface area contributed by atoms with Crippen LogP contribution in [0.5, 0.6) is 0 Å². The first-order chi connectivity index (χ1) is 6.02. The van der Waals surface area contributed by atoms with Crippen LogP contribution in [-0.2, 0) is 4.79 Å². The zero-order chi connectivity index (χ0) is 10.0. The summed E-state index contributed by atoms with van der Waals surface area (Å²) in [6.07, 6.45) is 0.238. The van der Waals surface area contributed by atoms with Crippen molar-refractivity contribution in [2.24, 2.45) is 0 Å². The van der Waals surface area contributed by atoms with Crippen LogP contribution in [0.2, 0.25) is 0 Å². The molecule has 2 atom stereocenters. The minimum absolute atomic E-state index is 0.149. The molecule has 1 fully saturated rings. The Balaban J connectivity index is 2.60. The summed E-state index contributed by atoms with van der Waals surface area (Å²) in [5.74, 6) is -0.709. The monoisotopic (exact) mass is 186 g/mol. The second-order valence-corrected chi connectivity index (χ2v) is 3.87. The lowest BCUT2D eigenvalue weighted by Gasteiger charge is -2.42. The Hall–Kier alpha value is -0.610. The Labute approximate surface area is 79.1 Å². The average Bonchev–Trinajstić information content (AvgIpc) is 2.05. The highest BCUT2D eigenvalue weighted by molar-refractivity contribution is 5.67. The molecule has 13 heavy (non-hydrogen) atoms. The van der Waals surface area contributed by atoms with Gasteiger partial charge in [-0.1, -0.05) is 0 Å². The van der Waals surface area contributed by atoms with Gasteiger partial charge in [0.2, 0.25) is 0 Å². The smallest absolute Gasteiger partial charge is 0.304 e. The van der Waals surface area contributed by atoms with Crippen molar-refractivity contribution in [1.82, 2.24) is 9.80 Å². The molecule has 1 rings (SSSR count). The summed E-state index contributed by atoms with van der Waals surface area (Å²) >= 11 is 0. The van der Waals surface area contributed by atoms with Gasteiger partial charge >= 0.3 is 5.97 Å². The zero-order valence-electron chi connectivity index (χ0n) is 8.53. The molecule has 0 amide bonds. The lowest BCUT2D eigenvalue weighted by molar-refractivity contribution is -0.139. The molecule has 0 aromatic heterocycles. The minimum atomic E-state index is -0.709. The maximum absolute atomic E-state index is 10.6. The Morgan fingerprint density at radius 2 is 1.92 bits per heavy atom. The second kappa shape index (κ2) is 4.07. The summed E-state index contributed by atoms with van der Waals surface area (Å²) in [6.45, 7) is 4.07. The van der Waals surface area contributed by atoms with Crippen molar-refractivity contribution in [3.05, 3.63) is 0 Å². The molecular weight excluding hydrogens is 168 g/mol. The maximum atomic E-state index is 10.6. The highest BCUT2D eigenvalue weighted by Gasteiger charge is 2.30. The molecule has 4 nitrogen and oxygen atoms in total. The van der Waals surface area contributed by atoms with Crippen molar-refractivity contribution < 1.29 is 9.90 Å². The fourth-order valence-corrected chi connectivity index (χ4v) is 1.85. The van der Waals surface area contributed by atoms with Crippen LogP contribution in [-0.4, -0.2) is 60.1 Å². The first-order valence-electron chi connectivity index (χ1n) is 4.64. The van der Waals surface area contributed by atoms with Gasteiger partial charge in [0.25, 0.3) is 0 Å². The van der Waals surface area contributed by atoms with E-state index >= 15 is 0 Å². The topological polar surface area (TPSA) is 43.8 Å². The van der Waals surface area contributed by atoms with Crippen LogP contribution in [0.3, 0.4) is 0 Å². The molecular formula is C9H18N2O2. The molecule has 76 valence electrons. The van der Waals surface area contributed by atoms with Crippen LogP contribution in [0.4, 0.5) is 0 Å². The van der Waals surface area contributed by atoms with E-state index in [0.717, 1.165) is 13.1 Å². The number of carboxylic acids is 1. The lowest BCUT2D eigenvalue weighted by Crippen LogP contribution is -2.56.